The van der Waals surface area contributed by atoms with Crippen LogP contribution in [0, 0.1) is 0 Å². The van der Waals surface area contributed by atoms with Gasteiger partial charge in [-0.25, -0.2) is 0 Å². The fourth-order valence-corrected chi connectivity index (χ4v) is 5.65. The molecule has 1 fully saturated rings. The molecule has 3 aromatic carbocycles. The van der Waals surface area contributed by atoms with E-state index >= 15 is 0 Å². The summed E-state index contributed by atoms with van der Waals surface area (Å²) in [5, 5.41) is 0. The fourth-order valence-electron chi connectivity index (χ4n) is 5.65. The average molecular weight is 547 g/mol. The lowest BCUT2D eigenvalue weighted by atomic mass is 9.68. The van der Waals surface area contributed by atoms with Crippen molar-refractivity contribution >= 4 is 5.91 Å². The van der Waals surface area contributed by atoms with E-state index in [0.717, 1.165) is 86.0 Å². The molecule has 0 N–H and O–H groups in total. The van der Waals surface area contributed by atoms with Crippen LogP contribution < -0.4 is 18.9 Å². The normalized spacial score (nSPS) is 14.8. The molecule has 1 aliphatic rings. The van der Waals surface area contributed by atoms with Gasteiger partial charge in [-0.05, 0) is 92.4 Å². The van der Waals surface area contributed by atoms with Crippen LogP contribution in [-0.2, 0) is 16.6 Å². The zero-order valence-electron chi connectivity index (χ0n) is 24.4. The molecule has 0 aliphatic carbocycles. The minimum absolute atomic E-state index is 0.167. The molecule has 1 heterocycles. The van der Waals surface area contributed by atoms with Crippen LogP contribution in [0.3, 0.4) is 0 Å². The van der Waals surface area contributed by atoms with Crippen LogP contribution in [0.5, 0.6) is 23.0 Å². The number of likely N-dealkylation sites (N-methyl/N-ethyl adjacent to an activating group) is 1. The van der Waals surface area contributed by atoms with Crippen molar-refractivity contribution in [1.82, 2.24) is 9.80 Å². The summed E-state index contributed by atoms with van der Waals surface area (Å²) >= 11 is 0. The summed E-state index contributed by atoms with van der Waals surface area (Å²) < 4.78 is 21.6. The van der Waals surface area contributed by atoms with Gasteiger partial charge in [0.05, 0.1) is 33.9 Å². The van der Waals surface area contributed by atoms with Crippen LogP contribution in [0.15, 0.2) is 66.7 Å². The molecule has 0 radical (unpaired) electrons. The Bertz CT molecular complexity index is 1170. The Morgan fingerprint density at radius 1 is 0.750 bits per heavy atom. The maximum absolute atomic E-state index is 14.3. The molecule has 0 bridgehead atoms. The third kappa shape index (κ3) is 6.53. The number of hydrogen-bond acceptors (Lipinski definition) is 6. The summed E-state index contributed by atoms with van der Waals surface area (Å²) in [5.74, 6) is 3.34. The first kappa shape index (κ1) is 29.3. The number of likely N-dealkylation sites (tertiary alicyclic amines) is 1. The highest BCUT2D eigenvalue weighted by molar-refractivity contribution is 5.93. The van der Waals surface area contributed by atoms with E-state index in [9.17, 15) is 4.79 Å². The summed E-state index contributed by atoms with van der Waals surface area (Å²) in [6, 6.07) is 21.9. The number of ether oxygens (including phenoxy) is 4. The molecule has 0 aromatic heterocycles. The first-order valence-corrected chi connectivity index (χ1v) is 13.9. The number of methoxy groups -OCH3 is 4. The maximum atomic E-state index is 14.3. The Morgan fingerprint density at radius 3 is 1.77 bits per heavy atom. The molecule has 3 aromatic rings. The van der Waals surface area contributed by atoms with Gasteiger partial charge in [0.25, 0.3) is 0 Å². The molecular weight excluding hydrogens is 504 g/mol. The van der Waals surface area contributed by atoms with E-state index in [0.29, 0.717) is 0 Å². The summed E-state index contributed by atoms with van der Waals surface area (Å²) in [6.07, 6.45) is 3.51. The molecule has 0 unspecified atom stereocenters. The zero-order chi connectivity index (χ0) is 28.5. The van der Waals surface area contributed by atoms with Gasteiger partial charge in [0.2, 0.25) is 5.91 Å². The van der Waals surface area contributed by atoms with Gasteiger partial charge in [-0.2, -0.15) is 0 Å². The number of piperidine rings is 1. The van der Waals surface area contributed by atoms with Gasteiger partial charge in [-0.1, -0.05) is 24.3 Å². The lowest BCUT2D eigenvalue weighted by Gasteiger charge is -2.43. The third-order valence-electron chi connectivity index (χ3n) is 7.96. The van der Waals surface area contributed by atoms with Gasteiger partial charge >= 0.3 is 0 Å². The summed E-state index contributed by atoms with van der Waals surface area (Å²) in [7, 11) is 8.79. The van der Waals surface area contributed by atoms with Crippen molar-refractivity contribution in [3.05, 3.63) is 83.4 Å². The molecular formula is C33H42N2O5. The summed E-state index contributed by atoms with van der Waals surface area (Å²) in [4.78, 5) is 18.7. The molecule has 1 aliphatic heterocycles. The molecule has 1 saturated heterocycles. The molecule has 40 heavy (non-hydrogen) atoms. The van der Waals surface area contributed by atoms with Crippen molar-refractivity contribution in [1.29, 1.82) is 0 Å². The second kappa shape index (κ2) is 13.6. The molecule has 0 saturated carbocycles. The van der Waals surface area contributed by atoms with Crippen molar-refractivity contribution in [2.75, 3.05) is 61.7 Å². The number of rotatable bonds is 13. The molecule has 7 nitrogen and oxygen atoms in total. The third-order valence-corrected chi connectivity index (χ3v) is 7.96. The van der Waals surface area contributed by atoms with Crippen LogP contribution in [0.2, 0.25) is 0 Å². The summed E-state index contributed by atoms with van der Waals surface area (Å²) in [5.41, 5.74) is 2.45. The van der Waals surface area contributed by atoms with Crippen molar-refractivity contribution in [2.45, 2.75) is 31.1 Å². The van der Waals surface area contributed by atoms with Gasteiger partial charge in [-0.15, -0.1) is 0 Å². The second-order valence-electron chi connectivity index (χ2n) is 10.4. The van der Waals surface area contributed by atoms with Gasteiger partial charge < -0.3 is 28.7 Å². The first-order chi connectivity index (χ1) is 19.4. The van der Waals surface area contributed by atoms with E-state index in [1.54, 1.807) is 28.4 Å². The molecule has 1 amide bonds. The number of benzene rings is 3. The van der Waals surface area contributed by atoms with E-state index in [1.807, 2.05) is 54.6 Å². The average Bonchev–Trinajstić information content (AvgIpc) is 3.01. The number of hydrogen-bond donors (Lipinski definition) is 0. The summed E-state index contributed by atoms with van der Waals surface area (Å²) in [6.45, 7) is 3.32. The lowest BCUT2D eigenvalue weighted by molar-refractivity contribution is -0.139. The molecule has 0 spiro atoms. The molecule has 4 rings (SSSR count). The predicted octanol–water partition coefficient (Wildman–Crippen LogP) is 5.19. The fraction of sp³-hybridized carbons (Fsp3) is 0.424. The van der Waals surface area contributed by atoms with Gasteiger partial charge in [0, 0.05) is 25.7 Å². The van der Waals surface area contributed by atoms with Crippen LogP contribution in [0.4, 0.5) is 0 Å². The van der Waals surface area contributed by atoms with Gasteiger partial charge in [0.1, 0.15) is 23.0 Å². The second-order valence-corrected chi connectivity index (χ2v) is 10.4. The Kier molecular flexibility index (Phi) is 9.93. The van der Waals surface area contributed by atoms with Crippen molar-refractivity contribution < 1.29 is 23.7 Å². The number of nitrogens with zero attached hydrogens (tertiary/aromatic N) is 2. The quantitative estimate of drug-likeness (QED) is 0.294. The highest BCUT2D eigenvalue weighted by Gasteiger charge is 2.46. The van der Waals surface area contributed by atoms with Crippen LogP contribution in [-0.4, -0.2) is 77.4 Å². The number of carbonyl (C=O) groups is 1. The number of amides is 1. The Labute approximate surface area is 238 Å². The Balaban J connectivity index is 1.43. The molecule has 0 atom stereocenters. The monoisotopic (exact) mass is 546 g/mol. The van der Waals surface area contributed by atoms with Crippen LogP contribution in [0.25, 0.3) is 0 Å². The topological polar surface area (TPSA) is 60.5 Å². The van der Waals surface area contributed by atoms with Crippen molar-refractivity contribution in [3.63, 3.8) is 0 Å². The minimum Gasteiger partial charge on any atom is -0.497 e. The minimum atomic E-state index is -0.728. The van der Waals surface area contributed by atoms with E-state index in [-0.39, 0.29) is 5.91 Å². The van der Waals surface area contributed by atoms with Gasteiger partial charge in [-0.3, -0.25) is 4.79 Å². The SMILES string of the molecule is COc1ccc(C2(c3ccc(OC)cc3)CCCN(CCCN(C)CCc3cc(OC)cc(OC)c3)C2=O)cc1. The Morgan fingerprint density at radius 2 is 1.27 bits per heavy atom. The van der Waals surface area contributed by atoms with Crippen LogP contribution >= 0.6 is 0 Å². The molecule has 7 heteroatoms. The molecule has 214 valence electrons. The van der Waals surface area contributed by atoms with Crippen molar-refractivity contribution in [2.24, 2.45) is 0 Å². The predicted molar refractivity (Wildman–Crippen MR) is 158 cm³/mol. The standard InChI is InChI=1S/C33H42N2O5/c1-34(21-16-25-22-30(39-4)24-31(23-25)40-5)18-7-20-35-19-6-17-33(32(35)36,26-8-12-28(37-2)13-9-26)27-10-14-29(38-3)15-11-27/h8-15,22-24H,6-7,16-21H2,1-5H3. The first-order valence-electron chi connectivity index (χ1n) is 13.9. The smallest absolute Gasteiger partial charge is 0.237 e. The highest BCUT2D eigenvalue weighted by Crippen LogP contribution is 2.42. The lowest BCUT2D eigenvalue weighted by Crippen LogP contribution is -2.52. The van der Waals surface area contributed by atoms with E-state index in [4.69, 9.17) is 18.9 Å². The largest absolute Gasteiger partial charge is 0.497 e. The number of carbonyl (C=O) groups excluding carboxylic acids is 1. The zero-order valence-corrected chi connectivity index (χ0v) is 24.4. The Hall–Kier alpha value is -3.71. The van der Waals surface area contributed by atoms with Gasteiger partial charge in [0.15, 0.2) is 0 Å². The van der Waals surface area contributed by atoms with E-state index < -0.39 is 5.41 Å². The highest BCUT2D eigenvalue weighted by atomic mass is 16.5. The van der Waals surface area contributed by atoms with E-state index in [2.05, 4.69) is 29.0 Å². The van der Waals surface area contributed by atoms with Crippen molar-refractivity contribution in [3.8, 4) is 23.0 Å². The maximum Gasteiger partial charge on any atom is 0.237 e. The van der Waals surface area contributed by atoms with E-state index in [1.165, 1.54) is 5.56 Å². The van der Waals surface area contributed by atoms with Crippen LogP contribution in [0.1, 0.15) is 36.0 Å².